The zero-order chi connectivity index (χ0) is 11.7. The molecule has 0 unspecified atom stereocenters. The van der Waals surface area contributed by atoms with Crippen LogP contribution in [0.25, 0.3) is 0 Å². The van der Waals surface area contributed by atoms with Crippen LogP contribution in [0, 0.1) is 5.92 Å². The summed E-state index contributed by atoms with van der Waals surface area (Å²) in [6.45, 7) is 7.20. The van der Waals surface area contributed by atoms with E-state index in [-0.39, 0.29) is 6.42 Å². The summed E-state index contributed by atoms with van der Waals surface area (Å²) in [4.78, 5) is 12.3. The van der Waals surface area contributed by atoms with Gasteiger partial charge < -0.3 is 14.7 Å². The van der Waals surface area contributed by atoms with Crippen LogP contribution in [0.5, 0.6) is 0 Å². The van der Waals surface area contributed by atoms with Gasteiger partial charge >= 0.3 is 5.97 Å². The minimum absolute atomic E-state index is 0.197. The highest BCUT2D eigenvalue weighted by atomic mass is 16.5. The number of hydrogen-bond donors (Lipinski definition) is 1. The summed E-state index contributed by atoms with van der Waals surface area (Å²) in [5.74, 6) is -0.0719. The molecule has 0 saturated heterocycles. The van der Waals surface area contributed by atoms with Crippen molar-refractivity contribution in [3.05, 3.63) is 0 Å². The number of rotatable bonds is 9. The van der Waals surface area contributed by atoms with Gasteiger partial charge in [0.25, 0.3) is 0 Å². The van der Waals surface area contributed by atoms with Crippen LogP contribution in [0.15, 0.2) is 0 Å². The Labute approximate surface area is 92.2 Å². The lowest BCUT2D eigenvalue weighted by atomic mass is 10.1. The molecule has 0 spiro atoms. The number of hydrogen-bond acceptors (Lipinski definition) is 3. The number of ether oxygens (including phenoxy) is 1. The fourth-order valence-electron chi connectivity index (χ4n) is 1.04. The minimum atomic E-state index is -0.748. The first-order valence-corrected chi connectivity index (χ1v) is 5.50. The van der Waals surface area contributed by atoms with Crippen LogP contribution in [0.4, 0.5) is 0 Å². The number of likely N-dealkylation sites (N-methyl/N-ethyl adjacent to an activating group) is 1. The predicted molar refractivity (Wildman–Crippen MR) is 60.0 cm³/mol. The summed E-state index contributed by atoms with van der Waals surface area (Å²) < 4.78 is 5.43. The molecule has 0 bridgehead atoms. The zero-order valence-corrected chi connectivity index (χ0v) is 10.0. The van der Waals surface area contributed by atoms with Crippen LogP contribution >= 0.6 is 0 Å². The van der Waals surface area contributed by atoms with E-state index in [9.17, 15) is 4.79 Å². The Balaban J connectivity index is 3.23. The lowest BCUT2D eigenvalue weighted by Gasteiger charge is -2.15. The van der Waals surface area contributed by atoms with Gasteiger partial charge in [0.05, 0.1) is 13.0 Å². The van der Waals surface area contributed by atoms with Gasteiger partial charge in [-0.15, -0.1) is 0 Å². The molecule has 0 radical (unpaired) electrons. The highest BCUT2D eigenvalue weighted by Crippen LogP contribution is 1.98. The molecule has 0 aliphatic heterocycles. The van der Waals surface area contributed by atoms with Crippen LogP contribution in [0.2, 0.25) is 0 Å². The summed E-state index contributed by atoms with van der Waals surface area (Å²) in [6, 6.07) is 0. The zero-order valence-electron chi connectivity index (χ0n) is 10.0. The Bertz CT molecular complexity index is 171. The minimum Gasteiger partial charge on any atom is -0.481 e. The second kappa shape index (κ2) is 8.68. The van der Waals surface area contributed by atoms with E-state index < -0.39 is 5.97 Å². The Morgan fingerprint density at radius 1 is 1.33 bits per heavy atom. The molecular weight excluding hydrogens is 194 g/mol. The van der Waals surface area contributed by atoms with Gasteiger partial charge in [0.1, 0.15) is 0 Å². The van der Waals surface area contributed by atoms with E-state index in [2.05, 4.69) is 13.8 Å². The van der Waals surface area contributed by atoms with Gasteiger partial charge in [-0.25, -0.2) is 0 Å². The van der Waals surface area contributed by atoms with Crippen LogP contribution < -0.4 is 0 Å². The third kappa shape index (κ3) is 11.3. The van der Waals surface area contributed by atoms with E-state index in [1.807, 2.05) is 11.9 Å². The molecule has 0 aromatic heterocycles. The smallest absolute Gasteiger partial charge is 0.304 e. The van der Waals surface area contributed by atoms with E-state index in [1.54, 1.807) is 0 Å². The molecule has 0 rings (SSSR count). The molecule has 0 saturated carbocycles. The molecule has 0 heterocycles. The Morgan fingerprint density at radius 3 is 2.53 bits per heavy atom. The van der Waals surface area contributed by atoms with Crippen molar-refractivity contribution in [3.63, 3.8) is 0 Å². The number of carboxylic acids is 1. The molecule has 90 valence electrons. The average Bonchev–Trinajstić information content (AvgIpc) is 2.13. The van der Waals surface area contributed by atoms with Crippen molar-refractivity contribution >= 4 is 5.97 Å². The van der Waals surface area contributed by atoms with Crippen molar-refractivity contribution in [2.45, 2.75) is 26.7 Å². The number of carbonyl (C=O) groups is 1. The molecule has 0 aliphatic carbocycles. The van der Waals surface area contributed by atoms with Crippen LogP contribution in [0.3, 0.4) is 0 Å². The largest absolute Gasteiger partial charge is 0.481 e. The maximum Gasteiger partial charge on any atom is 0.304 e. The van der Waals surface area contributed by atoms with Gasteiger partial charge in [-0.05, 0) is 19.4 Å². The van der Waals surface area contributed by atoms with Crippen LogP contribution in [-0.4, -0.2) is 49.3 Å². The first kappa shape index (κ1) is 14.4. The first-order valence-electron chi connectivity index (χ1n) is 5.50. The molecule has 4 heteroatoms. The average molecular weight is 217 g/mol. The fourth-order valence-corrected chi connectivity index (χ4v) is 1.04. The molecule has 0 fully saturated rings. The highest BCUT2D eigenvalue weighted by molar-refractivity contribution is 5.66. The second-order valence-electron chi connectivity index (χ2n) is 4.24. The van der Waals surface area contributed by atoms with Crippen molar-refractivity contribution in [3.8, 4) is 0 Å². The second-order valence-corrected chi connectivity index (χ2v) is 4.24. The van der Waals surface area contributed by atoms with Gasteiger partial charge in [-0.1, -0.05) is 13.8 Å². The Morgan fingerprint density at radius 2 is 2.00 bits per heavy atom. The van der Waals surface area contributed by atoms with Gasteiger partial charge in [0, 0.05) is 19.7 Å². The fraction of sp³-hybridized carbons (Fsp3) is 0.909. The van der Waals surface area contributed by atoms with E-state index in [4.69, 9.17) is 9.84 Å². The Hall–Kier alpha value is -0.610. The molecule has 0 aromatic rings. The van der Waals surface area contributed by atoms with E-state index >= 15 is 0 Å². The summed E-state index contributed by atoms with van der Waals surface area (Å²) in [6.07, 6.45) is 1.28. The summed E-state index contributed by atoms with van der Waals surface area (Å²) in [5.41, 5.74) is 0. The monoisotopic (exact) mass is 217 g/mol. The van der Waals surface area contributed by atoms with Crippen molar-refractivity contribution in [1.82, 2.24) is 4.90 Å². The topological polar surface area (TPSA) is 49.8 Å². The van der Waals surface area contributed by atoms with E-state index in [0.29, 0.717) is 19.1 Å². The molecule has 4 nitrogen and oxygen atoms in total. The number of aliphatic carboxylic acids is 1. The SMILES string of the molecule is CC(C)CCOCCN(C)CCC(=O)O. The summed E-state index contributed by atoms with van der Waals surface area (Å²) in [7, 11) is 1.91. The lowest BCUT2D eigenvalue weighted by Crippen LogP contribution is -2.26. The normalized spacial score (nSPS) is 11.3. The van der Waals surface area contributed by atoms with E-state index in [0.717, 1.165) is 19.6 Å². The highest BCUT2D eigenvalue weighted by Gasteiger charge is 2.02. The first-order chi connectivity index (χ1) is 7.02. The standard InChI is InChI=1S/C11H23NO3/c1-10(2)5-8-15-9-7-12(3)6-4-11(13)14/h10H,4-9H2,1-3H3,(H,13,14). The van der Waals surface area contributed by atoms with Crippen molar-refractivity contribution in [1.29, 1.82) is 0 Å². The van der Waals surface area contributed by atoms with Gasteiger partial charge in [-0.3, -0.25) is 4.79 Å². The molecule has 0 aromatic carbocycles. The van der Waals surface area contributed by atoms with E-state index in [1.165, 1.54) is 0 Å². The molecule has 0 aliphatic rings. The summed E-state index contributed by atoms with van der Waals surface area (Å²) in [5, 5.41) is 8.48. The third-order valence-corrected chi connectivity index (χ3v) is 2.16. The van der Waals surface area contributed by atoms with Crippen LogP contribution in [0.1, 0.15) is 26.7 Å². The molecule has 0 atom stereocenters. The number of nitrogens with zero attached hydrogens (tertiary/aromatic N) is 1. The number of carboxylic acid groups (broad SMARTS) is 1. The van der Waals surface area contributed by atoms with Crippen molar-refractivity contribution in [2.75, 3.05) is 33.4 Å². The van der Waals surface area contributed by atoms with Gasteiger partial charge in [-0.2, -0.15) is 0 Å². The molecule has 0 amide bonds. The van der Waals surface area contributed by atoms with Crippen LogP contribution in [-0.2, 0) is 9.53 Å². The summed E-state index contributed by atoms with van der Waals surface area (Å²) >= 11 is 0. The quantitative estimate of drug-likeness (QED) is 0.594. The third-order valence-electron chi connectivity index (χ3n) is 2.16. The lowest BCUT2D eigenvalue weighted by molar-refractivity contribution is -0.137. The van der Waals surface area contributed by atoms with Gasteiger partial charge in [0.2, 0.25) is 0 Å². The Kier molecular flexibility index (Phi) is 8.33. The maximum absolute atomic E-state index is 10.3. The predicted octanol–water partition coefficient (Wildman–Crippen LogP) is 1.46. The molecule has 15 heavy (non-hydrogen) atoms. The van der Waals surface area contributed by atoms with Crippen molar-refractivity contribution in [2.24, 2.45) is 5.92 Å². The molecule has 1 N–H and O–H groups in total. The maximum atomic E-state index is 10.3. The van der Waals surface area contributed by atoms with Gasteiger partial charge in [0.15, 0.2) is 0 Å². The van der Waals surface area contributed by atoms with Crippen molar-refractivity contribution < 1.29 is 14.6 Å². The molecular formula is C11H23NO3.